The van der Waals surface area contributed by atoms with Gasteiger partial charge >= 0.3 is 0 Å². The number of nitrogens with zero attached hydrogens (tertiary/aromatic N) is 4. The number of hydrogen-bond donors (Lipinski definition) is 2. The molecule has 3 N–H and O–H groups in total. The minimum Gasteiger partial charge on any atom is -0.393 e. The Hall–Kier alpha value is -3.79. The maximum absolute atomic E-state index is 9.87. The zero-order valence-electron chi connectivity index (χ0n) is 19.0. The van der Waals surface area contributed by atoms with Gasteiger partial charge in [-0.2, -0.15) is 5.26 Å². The quantitative estimate of drug-likeness (QED) is 0.314. The second-order valence-corrected chi connectivity index (χ2v) is 9.26. The minimum absolute atomic E-state index is 0.458. The van der Waals surface area contributed by atoms with Crippen LogP contribution in [0, 0.1) is 18.3 Å². The molecule has 6 nitrogen and oxygen atoms in total. The van der Waals surface area contributed by atoms with E-state index < -0.39 is 5.92 Å². The van der Waals surface area contributed by atoms with Gasteiger partial charge < -0.3 is 16.0 Å². The van der Waals surface area contributed by atoms with Gasteiger partial charge in [-0.3, -0.25) is 0 Å². The van der Waals surface area contributed by atoms with Gasteiger partial charge in [0, 0.05) is 28.0 Å². The van der Waals surface area contributed by atoms with Gasteiger partial charge in [0.1, 0.15) is 12.0 Å². The molecule has 1 aliphatic rings. The molecule has 174 valence electrons. The summed E-state index contributed by atoms with van der Waals surface area (Å²) >= 11 is 12.7. The Morgan fingerprint density at radius 2 is 1.86 bits per heavy atom. The number of nitrogens with one attached hydrogen (secondary N) is 1. The lowest BCUT2D eigenvalue weighted by Gasteiger charge is -2.22. The van der Waals surface area contributed by atoms with E-state index in [2.05, 4.69) is 38.4 Å². The van der Waals surface area contributed by atoms with E-state index in [-0.39, 0.29) is 0 Å². The fraction of sp³-hybridized carbons (Fsp3) is 0.148. The average Bonchev–Trinajstić information content (AvgIpc) is 3.29. The SMILES string of the molecule is Cc1cc(C(C#N)c2ccc(Cl)cc2)c(Cl)cc1Nc1ncnc(N2CCc3ccccc32)c1N. The standard InChI is InChI=1S/C27H22Cl2N6/c1-16-12-20(21(14-30)17-6-8-19(28)9-7-17)22(29)13-23(16)34-26-25(31)27(33-15-32-26)35-11-10-18-4-2-3-5-24(18)35/h2-9,12-13,15,21H,10-11,31H2,1H3,(H,32,33,34). The third-order valence-corrected chi connectivity index (χ3v) is 6.83. The molecule has 2 heterocycles. The number of aromatic nitrogens is 2. The lowest BCUT2D eigenvalue weighted by Crippen LogP contribution is -2.18. The first-order valence-corrected chi connectivity index (χ1v) is 11.9. The van der Waals surface area contributed by atoms with Crippen molar-refractivity contribution in [3.63, 3.8) is 0 Å². The summed E-state index contributed by atoms with van der Waals surface area (Å²) in [4.78, 5) is 11.0. The van der Waals surface area contributed by atoms with Crippen LogP contribution >= 0.6 is 23.2 Å². The van der Waals surface area contributed by atoms with Crippen LogP contribution < -0.4 is 16.0 Å². The summed E-state index contributed by atoms with van der Waals surface area (Å²) in [5.41, 5.74) is 12.6. The highest BCUT2D eigenvalue weighted by Gasteiger charge is 2.24. The molecule has 5 rings (SSSR count). The fourth-order valence-electron chi connectivity index (χ4n) is 4.43. The molecule has 1 unspecified atom stereocenters. The molecule has 35 heavy (non-hydrogen) atoms. The number of para-hydroxylation sites is 1. The topological polar surface area (TPSA) is 90.9 Å². The van der Waals surface area contributed by atoms with Crippen LogP contribution in [0.1, 0.15) is 28.2 Å². The van der Waals surface area contributed by atoms with Gasteiger partial charge in [-0.1, -0.05) is 59.6 Å². The third kappa shape index (κ3) is 4.37. The fourth-order valence-corrected chi connectivity index (χ4v) is 4.82. The lowest BCUT2D eigenvalue weighted by atomic mass is 9.91. The molecular formula is C27H22Cl2N6. The van der Waals surface area contributed by atoms with Crippen molar-refractivity contribution < 1.29 is 0 Å². The molecule has 0 saturated heterocycles. The highest BCUT2D eigenvalue weighted by Crippen LogP contribution is 2.39. The van der Waals surface area contributed by atoms with Gasteiger partial charge in [0.2, 0.25) is 0 Å². The van der Waals surface area contributed by atoms with Crippen LogP contribution in [-0.4, -0.2) is 16.5 Å². The highest BCUT2D eigenvalue weighted by molar-refractivity contribution is 6.32. The van der Waals surface area contributed by atoms with E-state index in [9.17, 15) is 5.26 Å². The van der Waals surface area contributed by atoms with Crippen molar-refractivity contribution in [3.8, 4) is 6.07 Å². The zero-order valence-corrected chi connectivity index (χ0v) is 20.5. The molecule has 0 fully saturated rings. The molecule has 0 amide bonds. The van der Waals surface area contributed by atoms with E-state index >= 15 is 0 Å². The van der Waals surface area contributed by atoms with Crippen molar-refractivity contribution in [1.82, 2.24) is 9.97 Å². The van der Waals surface area contributed by atoms with Crippen molar-refractivity contribution in [2.24, 2.45) is 0 Å². The molecule has 1 atom stereocenters. The van der Waals surface area contributed by atoms with Gasteiger partial charge in [-0.15, -0.1) is 0 Å². The van der Waals surface area contributed by atoms with E-state index in [0.29, 0.717) is 27.4 Å². The highest BCUT2D eigenvalue weighted by atomic mass is 35.5. The monoisotopic (exact) mass is 500 g/mol. The van der Waals surface area contributed by atoms with E-state index in [0.717, 1.165) is 41.0 Å². The van der Waals surface area contributed by atoms with Crippen molar-refractivity contribution >= 4 is 51.9 Å². The van der Waals surface area contributed by atoms with E-state index in [1.54, 1.807) is 18.2 Å². The molecule has 1 aromatic heterocycles. The second-order valence-electron chi connectivity index (χ2n) is 8.42. The molecule has 0 spiro atoms. The van der Waals surface area contributed by atoms with Gasteiger partial charge in [0.05, 0.1) is 12.0 Å². The Kier molecular flexibility index (Phi) is 6.21. The van der Waals surface area contributed by atoms with Crippen LogP contribution in [0.5, 0.6) is 0 Å². The number of fused-ring (bicyclic) bond motifs is 1. The largest absolute Gasteiger partial charge is 0.393 e. The number of benzene rings is 3. The first-order chi connectivity index (χ1) is 17.0. The van der Waals surface area contributed by atoms with Crippen LogP contribution in [0.4, 0.5) is 28.7 Å². The smallest absolute Gasteiger partial charge is 0.161 e. The van der Waals surface area contributed by atoms with Crippen LogP contribution in [0.25, 0.3) is 0 Å². The predicted octanol–water partition coefficient (Wildman–Crippen LogP) is 6.77. The predicted molar refractivity (Wildman–Crippen MR) is 142 cm³/mol. The van der Waals surface area contributed by atoms with Crippen molar-refractivity contribution in [1.29, 1.82) is 5.26 Å². The van der Waals surface area contributed by atoms with Crippen molar-refractivity contribution in [2.75, 3.05) is 22.5 Å². The number of nitrogen functional groups attached to an aromatic ring is 1. The third-order valence-electron chi connectivity index (χ3n) is 6.25. The van der Waals surface area contributed by atoms with E-state index in [1.165, 1.54) is 11.9 Å². The van der Waals surface area contributed by atoms with E-state index in [1.807, 2.05) is 37.3 Å². The van der Waals surface area contributed by atoms with Gasteiger partial charge in [-0.05, 0) is 59.9 Å². The minimum atomic E-state index is -0.515. The van der Waals surface area contributed by atoms with Crippen LogP contribution in [0.15, 0.2) is 67.0 Å². The van der Waals surface area contributed by atoms with Gasteiger partial charge in [-0.25, -0.2) is 9.97 Å². The van der Waals surface area contributed by atoms with Crippen molar-refractivity contribution in [3.05, 3.63) is 99.3 Å². The Balaban J connectivity index is 1.46. The molecule has 0 bridgehead atoms. The summed E-state index contributed by atoms with van der Waals surface area (Å²) in [5, 5.41) is 14.3. The normalized spacial score (nSPS) is 13.3. The molecule has 4 aromatic rings. The number of nitriles is 1. The summed E-state index contributed by atoms with van der Waals surface area (Å²) in [7, 11) is 0. The number of nitrogens with two attached hydrogens (primary N) is 1. The summed E-state index contributed by atoms with van der Waals surface area (Å²) in [6, 6.07) is 21.5. The summed E-state index contributed by atoms with van der Waals surface area (Å²) in [5.74, 6) is 0.652. The zero-order chi connectivity index (χ0) is 24.5. The van der Waals surface area contributed by atoms with Crippen LogP contribution in [-0.2, 0) is 6.42 Å². The molecule has 8 heteroatoms. The molecule has 3 aromatic carbocycles. The number of rotatable bonds is 5. The molecule has 0 aliphatic carbocycles. The van der Waals surface area contributed by atoms with Gasteiger partial charge in [0.25, 0.3) is 0 Å². The molecular weight excluding hydrogens is 479 g/mol. The first-order valence-electron chi connectivity index (χ1n) is 11.1. The molecule has 0 radical (unpaired) electrons. The Labute approximate surface area is 214 Å². The lowest BCUT2D eigenvalue weighted by molar-refractivity contribution is 0.967. The number of hydrogen-bond acceptors (Lipinski definition) is 6. The maximum atomic E-state index is 9.87. The number of aryl methyl sites for hydroxylation is 1. The molecule has 1 aliphatic heterocycles. The summed E-state index contributed by atoms with van der Waals surface area (Å²) in [6.07, 6.45) is 2.44. The summed E-state index contributed by atoms with van der Waals surface area (Å²) < 4.78 is 0. The number of anilines is 5. The summed E-state index contributed by atoms with van der Waals surface area (Å²) in [6.45, 7) is 2.76. The Morgan fingerprint density at radius 1 is 1.09 bits per heavy atom. The van der Waals surface area contributed by atoms with Gasteiger partial charge in [0.15, 0.2) is 11.6 Å². The van der Waals surface area contributed by atoms with Crippen LogP contribution in [0.3, 0.4) is 0 Å². The van der Waals surface area contributed by atoms with E-state index in [4.69, 9.17) is 28.9 Å². The molecule has 0 saturated carbocycles. The Bertz CT molecular complexity index is 1450. The maximum Gasteiger partial charge on any atom is 0.161 e. The average molecular weight is 501 g/mol. The Morgan fingerprint density at radius 3 is 2.63 bits per heavy atom. The second kappa shape index (κ2) is 9.46. The van der Waals surface area contributed by atoms with Crippen LogP contribution in [0.2, 0.25) is 10.0 Å². The number of halogens is 2. The van der Waals surface area contributed by atoms with Crippen molar-refractivity contribution in [2.45, 2.75) is 19.3 Å². The first kappa shape index (κ1) is 23.0.